The predicted octanol–water partition coefficient (Wildman–Crippen LogP) is 5.11. The zero-order valence-electron chi connectivity index (χ0n) is 39.7. The fraction of sp³-hybridized carbons (Fsp3) is 0.511. The van der Waals surface area contributed by atoms with Crippen molar-refractivity contribution in [3.63, 3.8) is 0 Å². The van der Waals surface area contributed by atoms with E-state index < -0.39 is 17.5 Å². The number of nitrogen functional groups attached to an aromatic ring is 1. The molecule has 4 saturated heterocycles. The number of anilines is 6. The molecule has 0 unspecified atom stereocenters. The molecule has 6 aliphatic rings. The number of ether oxygens (including phenoxy) is 8. The molecule has 4 atom stereocenters. The number of carbonyl (C=O) groups is 3. The molecule has 10 heterocycles. The van der Waals surface area contributed by atoms with E-state index in [4.69, 9.17) is 43.6 Å². The van der Waals surface area contributed by atoms with Gasteiger partial charge in [0.25, 0.3) is 0 Å². The Morgan fingerprint density at radius 2 is 1.35 bits per heavy atom. The van der Waals surface area contributed by atoms with E-state index >= 15 is 0 Å². The van der Waals surface area contributed by atoms with Gasteiger partial charge in [0, 0.05) is 56.7 Å². The van der Waals surface area contributed by atoms with Crippen molar-refractivity contribution >= 4 is 52.6 Å². The van der Waals surface area contributed by atoms with Gasteiger partial charge < -0.3 is 58.7 Å². The second-order valence-corrected chi connectivity index (χ2v) is 18.1. The molecule has 364 valence electrons. The number of aryl methyl sites for hydroxylation is 2. The van der Waals surface area contributed by atoms with E-state index in [1.54, 1.807) is 41.6 Å². The maximum Gasteiger partial charge on any atom is 0.357 e. The number of esters is 2. The number of carbonyl (C=O) groups excluding carboxylic acids is 3. The average molecular weight is 941 g/mol. The Labute approximate surface area is 394 Å². The molecule has 68 heavy (non-hydrogen) atoms. The van der Waals surface area contributed by atoms with Crippen molar-refractivity contribution in [2.75, 3.05) is 97.9 Å². The van der Waals surface area contributed by atoms with Gasteiger partial charge in [-0.3, -0.25) is 10.2 Å². The van der Waals surface area contributed by atoms with Gasteiger partial charge in [-0.1, -0.05) is 0 Å². The fourth-order valence-corrected chi connectivity index (χ4v) is 8.77. The highest BCUT2D eigenvalue weighted by Gasteiger charge is 2.42. The summed E-state index contributed by atoms with van der Waals surface area (Å²) in [5, 5.41) is 6.23. The first kappa shape index (κ1) is 47.9. The molecule has 4 aromatic rings. The number of hydrogen-bond acceptors (Lipinski definition) is 19. The minimum atomic E-state index is -0.619. The summed E-state index contributed by atoms with van der Waals surface area (Å²) in [4.78, 5) is 60.5. The normalized spacial score (nSPS) is 22.0. The lowest BCUT2D eigenvalue weighted by Gasteiger charge is -2.36. The highest BCUT2D eigenvalue weighted by molar-refractivity contribution is 6.05. The number of nitrogens with two attached hydrogens (primary N) is 1. The molecule has 0 radical (unpaired) electrons. The average Bonchev–Trinajstić information content (AvgIpc) is 4.10. The van der Waals surface area contributed by atoms with E-state index in [1.807, 2.05) is 53.7 Å². The van der Waals surface area contributed by atoms with Gasteiger partial charge >= 0.3 is 18.0 Å². The Kier molecular flexibility index (Phi) is 14.1. The molecule has 0 saturated carbocycles. The van der Waals surface area contributed by atoms with E-state index in [0.717, 1.165) is 55.2 Å². The van der Waals surface area contributed by atoms with Crippen LogP contribution >= 0.6 is 0 Å². The lowest BCUT2D eigenvalue weighted by Crippen LogP contribution is -2.48. The van der Waals surface area contributed by atoms with E-state index in [2.05, 4.69) is 40.4 Å². The van der Waals surface area contributed by atoms with Crippen molar-refractivity contribution in [2.45, 2.75) is 90.2 Å². The Balaban J connectivity index is 0.000000157. The van der Waals surface area contributed by atoms with Gasteiger partial charge in [0.2, 0.25) is 0 Å². The molecule has 10 rings (SSSR count). The Morgan fingerprint density at radius 1 is 0.779 bits per heavy atom. The number of pyridine rings is 4. The molecule has 4 N–H and O–H groups in total. The summed E-state index contributed by atoms with van der Waals surface area (Å²) < 4.78 is 43.4. The molecule has 4 aromatic heterocycles. The monoisotopic (exact) mass is 940 g/mol. The summed E-state index contributed by atoms with van der Waals surface area (Å²) in [6.45, 7) is 16.6. The smallest absolute Gasteiger partial charge is 0.357 e. The number of amides is 2. The highest BCUT2D eigenvalue weighted by Crippen LogP contribution is 2.41. The van der Waals surface area contributed by atoms with Crippen LogP contribution in [0.5, 0.6) is 11.5 Å². The predicted molar refractivity (Wildman–Crippen MR) is 251 cm³/mol. The Morgan fingerprint density at radius 3 is 1.96 bits per heavy atom. The van der Waals surface area contributed by atoms with E-state index in [-0.39, 0.29) is 35.9 Å². The van der Waals surface area contributed by atoms with E-state index in [1.165, 1.54) is 14.2 Å². The number of methoxy groups -OCH3 is 2. The Bertz CT molecular complexity index is 2510. The zero-order valence-corrected chi connectivity index (χ0v) is 39.7. The van der Waals surface area contributed by atoms with E-state index in [9.17, 15) is 14.4 Å². The minimum absolute atomic E-state index is 0.0376. The number of fused-ring (bicyclic) bond motifs is 8. The molecule has 21 nitrogen and oxygen atoms in total. The van der Waals surface area contributed by atoms with Gasteiger partial charge in [0.15, 0.2) is 34.6 Å². The quantitative estimate of drug-likeness (QED) is 0.185. The van der Waals surface area contributed by atoms with Gasteiger partial charge in [-0.25, -0.2) is 34.3 Å². The van der Waals surface area contributed by atoms with Gasteiger partial charge in [0.1, 0.15) is 48.6 Å². The van der Waals surface area contributed by atoms with E-state index in [0.29, 0.717) is 79.2 Å². The van der Waals surface area contributed by atoms with Crippen molar-refractivity contribution in [2.24, 2.45) is 0 Å². The Hall–Kier alpha value is -6.55. The second-order valence-electron chi connectivity index (χ2n) is 18.1. The van der Waals surface area contributed by atoms with Crippen molar-refractivity contribution in [3.8, 4) is 11.5 Å². The maximum absolute atomic E-state index is 13.4. The molecule has 4 fully saturated rings. The van der Waals surface area contributed by atoms with Crippen molar-refractivity contribution < 1.29 is 52.3 Å². The molecular formula is C47H60N10O11. The molecule has 4 bridgehead atoms. The van der Waals surface area contributed by atoms with Crippen LogP contribution in [-0.4, -0.2) is 141 Å². The van der Waals surface area contributed by atoms with Crippen LogP contribution in [0.15, 0.2) is 48.8 Å². The molecular weight excluding hydrogens is 881 g/mol. The molecule has 2 amide bonds. The third kappa shape index (κ3) is 11.1. The summed E-state index contributed by atoms with van der Waals surface area (Å²) in [6, 6.07) is 10.8. The van der Waals surface area contributed by atoms with Gasteiger partial charge in [0.05, 0.1) is 44.8 Å². The third-order valence-corrected chi connectivity index (χ3v) is 12.0. The third-order valence-electron chi connectivity index (χ3n) is 12.0. The number of nitrogens with zero attached hydrogens (tertiary/aromatic N) is 7. The van der Waals surface area contributed by atoms with Gasteiger partial charge in [-0.05, 0) is 89.8 Å². The summed E-state index contributed by atoms with van der Waals surface area (Å²) in [7, 11) is 2.69. The first-order valence-corrected chi connectivity index (χ1v) is 22.6. The van der Waals surface area contributed by atoms with Crippen LogP contribution in [0.25, 0.3) is 0 Å². The van der Waals surface area contributed by atoms with Crippen molar-refractivity contribution in [3.05, 3.63) is 71.3 Å². The fourth-order valence-electron chi connectivity index (χ4n) is 8.77. The number of urea groups is 1. The summed E-state index contributed by atoms with van der Waals surface area (Å²) in [5.41, 5.74) is 9.63. The highest BCUT2D eigenvalue weighted by atomic mass is 16.8. The zero-order chi connectivity index (χ0) is 48.3. The van der Waals surface area contributed by atoms with Crippen LogP contribution in [0.2, 0.25) is 0 Å². The first-order chi connectivity index (χ1) is 32.5. The largest absolute Gasteiger partial charge is 0.491 e. The second kappa shape index (κ2) is 20.0. The maximum atomic E-state index is 13.4. The minimum Gasteiger partial charge on any atom is -0.491 e. The lowest BCUT2D eigenvalue weighted by atomic mass is 10.1. The molecule has 6 aliphatic heterocycles. The van der Waals surface area contributed by atoms with Crippen LogP contribution in [0.3, 0.4) is 0 Å². The van der Waals surface area contributed by atoms with Gasteiger partial charge in [-0.15, -0.1) is 0 Å². The number of aromatic nitrogens is 4. The molecule has 21 heteroatoms. The van der Waals surface area contributed by atoms with Gasteiger partial charge in [-0.2, -0.15) is 0 Å². The van der Waals surface area contributed by atoms with Crippen LogP contribution < -0.4 is 40.5 Å². The van der Waals surface area contributed by atoms with Crippen LogP contribution in [0.1, 0.15) is 72.6 Å². The number of nitrogens with one attached hydrogen (secondary N) is 2. The number of rotatable bonds is 9. The van der Waals surface area contributed by atoms with Crippen LogP contribution in [0.4, 0.5) is 39.4 Å². The van der Waals surface area contributed by atoms with Crippen LogP contribution in [-0.2, 0) is 28.4 Å². The standard InChI is InChI=1S/C24H29N5O6.C12H15N3O2.C11H16N2O3/c1-14-9-18-21(27-20(14)22(30)32-4)29(15-6-8-28(18)11-15)23(31)26-19-10-16(5-7-25-19)33-12-17-13-34-24(2,3)35-17;1-7-5-9-11(14-10(7)12(16)17-2)13-8-3-4-15(9)6-8;1-11(2)15-7-9(16-11)6-14-8-3-4-13-10(12)5-8/h5,7,9-10,15,17H,6,8,11-13H2,1-4H3,(H,25,26,31);5,8H,3-4,6H2,1-2H3,(H,13,14);3-5,9H,6-7H2,1-2H3,(H2,12,13)/t15-,17-;8-;9-/m000/s1. The SMILES string of the molecule is CC1(C)OC[C@H](COc2ccnc(N)c2)O1.COC(=O)c1nc2c(cc1C)N1CC[C@@H](C1)N2.COC(=O)c1nc2c(cc1C)N1CC[C@@H](C1)N2C(=O)Nc1cc(OC[C@H]2COC(C)(C)O2)ccn1. The summed E-state index contributed by atoms with van der Waals surface area (Å²) in [5.74, 6) is 1.25. The van der Waals surface area contributed by atoms with Crippen LogP contribution in [0, 0.1) is 13.8 Å². The van der Waals surface area contributed by atoms with Crippen molar-refractivity contribution in [1.29, 1.82) is 0 Å². The first-order valence-electron chi connectivity index (χ1n) is 22.6. The number of hydrogen-bond donors (Lipinski definition) is 3. The topological polar surface area (TPSA) is 236 Å². The lowest BCUT2D eigenvalue weighted by molar-refractivity contribution is -0.141. The summed E-state index contributed by atoms with van der Waals surface area (Å²) >= 11 is 0. The molecule has 0 spiro atoms. The molecule has 0 aromatic carbocycles. The molecule has 0 aliphatic carbocycles. The summed E-state index contributed by atoms with van der Waals surface area (Å²) in [6.07, 6.45) is 4.89. The van der Waals surface area contributed by atoms with Crippen molar-refractivity contribution in [1.82, 2.24) is 19.9 Å².